The van der Waals surface area contributed by atoms with E-state index in [-0.39, 0.29) is 70.2 Å². The van der Waals surface area contributed by atoms with Crippen LogP contribution in [0.3, 0.4) is 0 Å². The van der Waals surface area contributed by atoms with Crippen molar-refractivity contribution in [2.45, 2.75) is 125 Å². The van der Waals surface area contributed by atoms with E-state index in [9.17, 15) is 78.3 Å². The van der Waals surface area contributed by atoms with Gasteiger partial charge in [-0.25, -0.2) is 4.79 Å². The largest absolute Gasteiger partial charge is 0.508 e. The lowest BCUT2D eigenvalue weighted by molar-refractivity contribution is -0.144. The highest BCUT2D eigenvalue weighted by Crippen LogP contribution is 2.21. The van der Waals surface area contributed by atoms with Crippen molar-refractivity contribution in [3.63, 3.8) is 0 Å². The molecule has 1 saturated heterocycles. The average molecular weight is 1070 g/mol. The molecule has 9 atom stereocenters. The molecule has 20 N–H and O–H groups in total. The Balaban J connectivity index is 1.84. The van der Waals surface area contributed by atoms with E-state index in [2.05, 4.69) is 37.2 Å². The van der Waals surface area contributed by atoms with Crippen molar-refractivity contribution in [2.24, 2.45) is 22.9 Å². The molecule has 1 aliphatic rings. The number of carboxylic acids is 1. The third-order valence-electron chi connectivity index (χ3n) is 12.1. The summed E-state index contributed by atoms with van der Waals surface area (Å²) in [7, 11) is 0. The second-order valence-corrected chi connectivity index (χ2v) is 18.0. The van der Waals surface area contributed by atoms with E-state index < -0.39 is 146 Å². The number of benzene rings is 2. The zero-order chi connectivity index (χ0) is 56.5. The van der Waals surface area contributed by atoms with E-state index in [1.165, 1.54) is 29.2 Å². The molecule has 418 valence electrons. The summed E-state index contributed by atoms with van der Waals surface area (Å²) in [5.41, 5.74) is 22.8. The zero-order valence-corrected chi connectivity index (χ0v) is 41.7. The first-order valence-corrected chi connectivity index (χ1v) is 24.4. The lowest BCUT2D eigenvalue weighted by Crippen LogP contribution is -2.61. The second-order valence-electron chi connectivity index (χ2n) is 18.0. The van der Waals surface area contributed by atoms with Crippen molar-refractivity contribution in [2.75, 3.05) is 32.9 Å². The quantitative estimate of drug-likeness (QED) is 0.0296. The predicted octanol–water partition coefficient (Wildman–Crippen LogP) is -6.39. The molecular formula is C48H70N12O16. The molecule has 0 aromatic heterocycles. The van der Waals surface area contributed by atoms with Gasteiger partial charge in [-0.1, -0.05) is 42.5 Å². The van der Waals surface area contributed by atoms with E-state index in [4.69, 9.17) is 22.9 Å². The van der Waals surface area contributed by atoms with Gasteiger partial charge in [0.05, 0.1) is 25.9 Å². The fourth-order valence-corrected chi connectivity index (χ4v) is 7.86. The molecule has 1 fully saturated rings. The van der Waals surface area contributed by atoms with Gasteiger partial charge in [0.15, 0.2) is 0 Å². The normalized spacial score (nSPS) is 16.2. The Morgan fingerprint density at radius 2 is 1.01 bits per heavy atom. The molecular weight excluding hydrogens is 1000 g/mol. The van der Waals surface area contributed by atoms with Crippen molar-refractivity contribution in [1.82, 2.24) is 42.1 Å². The summed E-state index contributed by atoms with van der Waals surface area (Å²) in [6.45, 7) is -2.84. The minimum Gasteiger partial charge on any atom is -0.508 e. The monoisotopic (exact) mass is 1070 g/mol. The first-order chi connectivity index (χ1) is 36.1. The third-order valence-corrected chi connectivity index (χ3v) is 12.1. The van der Waals surface area contributed by atoms with Gasteiger partial charge in [-0.2, -0.15) is 0 Å². The minimum atomic E-state index is -1.82. The molecule has 0 spiro atoms. The van der Waals surface area contributed by atoms with Gasteiger partial charge in [-0.15, -0.1) is 0 Å². The zero-order valence-electron chi connectivity index (χ0n) is 41.7. The standard InChI is InChI=1S/C48H70N12O16/c49-19-5-4-9-31(47(74)60-20-6-10-37(60)46(73)56-33(21-26-7-2-1-3-8-26)43(70)59-36(25-63)48(75)76)54-44(71)34(23-61)58-42(69)32(22-27-11-13-28(64)14-12-27)55-45(72)35(24-62)57-41(68)30(16-18-39(52)66)53-40(67)29(50)15-17-38(51)65/h1-3,7-8,11-14,29-37,61-64H,4-6,9-10,15-25,49-50H2,(H2,51,65)(H2,52,66)(H,53,67)(H,54,71)(H,55,72)(H,56,73)(H,57,68)(H,58,69)(H,59,70)(H,75,76)/t29-,30-,31-,32-,33-,34-,35-,36-,37-/m0/s1. The number of aliphatic hydroxyl groups is 3. The number of carbonyl (C=O) groups excluding carboxylic acids is 10. The SMILES string of the molecule is NCCCC[C@H](NC(=O)[C@H](CO)NC(=O)[C@H](Cc1ccc(O)cc1)NC(=O)[C@H](CO)NC(=O)[C@H](CCC(N)=O)NC(=O)[C@@H](N)CCC(N)=O)C(=O)N1CCC[C@H]1C(=O)N[C@@H](Cc1ccccc1)C(=O)N[C@@H](CO)C(=O)O. The molecule has 76 heavy (non-hydrogen) atoms. The Labute approximate surface area is 436 Å². The van der Waals surface area contributed by atoms with Crippen LogP contribution >= 0.6 is 0 Å². The lowest BCUT2D eigenvalue weighted by atomic mass is 10.0. The Morgan fingerprint density at radius 3 is 1.54 bits per heavy atom. The van der Waals surface area contributed by atoms with Gasteiger partial charge in [0.2, 0.25) is 59.1 Å². The summed E-state index contributed by atoms with van der Waals surface area (Å²) >= 11 is 0. The van der Waals surface area contributed by atoms with Gasteiger partial charge in [-0.05, 0) is 74.8 Å². The molecule has 0 radical (unpaired) electrons. The number of hydrogen-bond acceptors (Lipinski definition) is 17. The summed E-state index contributed by atoms with van der Waals surface area (Å²) in [6.07, 6.45) is -0.630. The number of nitrogens with two attached hydrogens (primary N) is 4. The number of rotatable bonds is 33. The van der Waals surface area contributed by atoms with Crippen LogP contribution < -0.4 is 60.2 Å². The van der Waals surface area contributed by atoms with Crippen LogP contribution in [0.1, 0.15) is 68.9 Å². The molecule has 2 aromatic rings. The second kappa shape index (κ2) is 31.8. The maximum absolute atomic E-state index is 14.4. The summed E-state index contributed by atoms with van der Waals surface area (Å²) in [4.78, 5) is 145. The Bertz CT molecular complexity index is 2330. The van der Waals surface area contributed by atoms with E-state index in [0.29, 0.717) is 24.0 Å². The highest BCUT2D eigenvalue weighted by molar-refractivity contribution is 5.98. The van der Waals surface area contributed by atoms with Crippen molar-refractivity contribution in [3.05, 3.63) is 65.7 Å². The van der Waals surface area contributed by atoms with Gasteiger partial charge >= 0.3 is 5.97 Å². The third kappa shape index (κ3) is 20.5. The molecule has 0 saturated carbocycles. The van der Waals surface area contributed by atoms with Gasteiger partial charge in [0, 0.05) is 32.2 Å². The van der Waals surface area contributed by atoms with E-state index >= 15 is 0 Å². The number of carboxylic acid groups (broad SMARTS) is 1. The highest BCUT2D eigenvalue weighted by atomic mass is 16.4. The molecule has 0 unspecified atom stereocenters. The first kappa shape index (κ1) is 62.5. The molecule has 28 nitrogen and oxygen atoms in total. The number of amides is 10. The van der Waals surface area contributed by atoms with E-state index in [1.54, 1.807) is 30.3 Å². The molecule has 0 bridgehead atoms. The maximum Gasteiger partial charge on any atom is 0.328 e. The number of nitrogens with zero attached hydrogens (tertiary/aromatic N) is 1. The molecule has 2 aromatic carbocycles. The first-order valence-electron chi connectivity index (χ1n) is 24.4. The molecule has 0 aliphatic carbocycles. The minimum absolute atomic E-state index is 0.0293. The summed E-state index contributed by atoms with van der Waals surface area (Å²) < 4.78 is 0. The van der Waals surface area contributed by atoms with Crippen molar-refractivity contribution >= 4 is 65.0 Å². The van der Waals surface area contributed by atoms with Gasteiger partial charge < -0.3 is 90.6 Å². The predicted molar refractivity (Wildman–Crippen MR) is 267 cm³/mol. The van der Waals surface area contributed by atoms with Crippen LogP contribution in [0.25, 0.3) is 0 Å². The number of nitrogens with one attached hydrogen (secondary N) is 7. The number of aliphatic hydroxyl groups excluding tert-OH is 3. The number of carbonyl (C=O) groups is 11. The van der Waals surface area contributed by atoms with Crippen LogP contribution in [-0.2, 0) is 65.6 Å². The summed E-state index contributed by atoms with van der Waals surface area (Å²) in [5, 5.41) is 66.2. The van der Waals surface area contributed by atoms with E-state index in [0.717, 1.165) is 0 Å². The van der Waals surface area contributed by atoms with Gasteiger partial charge in [0.25, 0.3) is 0 Å². The van der Waals surface area contributed by atoms with Crippen molar-refractivity contribution in [3.8, 4) is 5.75 Å². The van der Waals surface area contributed by atoms with Gasteiger partial charge in [-0.3, -0.25) is 47.9 Å². The van der Waals surface area contributed by atoms with Crippen LogP contribution in [0.2, 0.25) is 0 Å². The van der Waals surface area contributed by atoms with Crippen LogP contribution in [0, 0.1) is 0 Å². The molecule has 1 aliphatic heterocycles. The number of likely N-dealkylation sites (tertiary alicyclic amines) is 1. The van der Waals surface area contributed by atoms with Crippen LogP contribution in [-0.4, -0.2) is 183 Å². The van der Waals surface area contributed by atoms with Gasteiger partial charge in [0.1, 0.15) is 54.1 Å². The number of hydrogen-bond donors (Lipinski definition) is 16. The van der Waals surface area contributed by atoms with Crippen LogP contribution in [0.15, 0.2) is 54.6 Å². The topological polar surface area (TPSA) is 480 Å². The van der Waals surface area contributed by atoms with Crippen molar-refractivity contribution in [1.29, 1.82) is 0 Å². The van der Waals surface area contributed by atoms with E-state index in [1.807, 2.05) is 0 Å². The Hall–Kier alpha value is -7.79. The smallest absolute Gasteiger partial charge is 0.328 e. The number of primary amides is 2. The number of aromatic hydroxyl groups is 1. The Kier molecular flexibility index (Phi) is 26.2. The number of phenols is 1. The fraction of sp³-hybridized carbons (Fsp3) is 0.521. The van der Waals surface area contributed by atoms with Crippen LogP contribution in [0.5, 0.6) is 5.75 Å². The molecule has 28 heteroatoms. The average Bonchev–Trinajstić information content (AvgIpc) is 3.89. The number of phenolic OH excluding ortho intramolecular Hbond substituents is 1. The Morgan fingerprint density at radius 1 is 0.553 bits per heavy atom. The van der Waals surface area contributed by atoms with Crippen molar-refractivity contribution < 1.29 is 78.3 Å². The summed E-state index contributed by atoms with van der Waals surface area (Å²) in [5.74, 6) is -11.1. The molecule has 1 heterocycles. The molecule has 3 rings (SSSR count). The molecule has 10 amide bonds. The maximum atomic E-state index is 14.4. The fourth-order valence-electron chi connectivity index (χ4n) is 7.86. The lowest BCUT2D eigenvalue weighted by Gasteiger charge is -2.31. The number of aliphatic carboxylic acids is 1. The summed E-state index contributed by atoms with van der Waals surface area (Å²) in [6, 6.07) is 0.0799. The highest BCUT2D eigenvalue weighted by Gasteiger charge is 2.40. The van der Waals surface area contributed by atoms with Crippen LogP contribution in [0.4, 0.5) is 0 Å². The number of unbranched alkanes of at least 4 members (excludes halogenated alkanes) is 1.